The van der Waals surface area contributed by atoms with E-state index in [0.29, 0.717) is 6.61 Å². The predicted molar refractivity (Wildman–Crippen MR) is 133 cm³/mol. The van der Waals surface area contributed by atoms with E-state index in [-0.39, 0.29) is 0 Å². The van der Waals surface area contributed by atoms with Crippen molar-refractivity contribution in [3.8, 4) is 0 Å². The lowest BCUT2D eigenvalue weighted by Gasteiger charge is -2.39. The van der Waals surface area contributed by atoms with Gasteiger partial charge in [-0.1, -0.05) is 122 Å². The van der Waals surface area contributed by atoms with Crippen LogP contribution in [0.2, 0.25) is 0 Å². The summed E-state index contributed by atoms with van der Waals surface area (Å²) in [6, 6.07) is 0. The van der Waals surface area contributed by atoms with Gasteiger partial charge in [0.1, 0.15) is 24.4 Å². The van der Waals surface area contributed by atoms with Gasteiger partial charge in [-0.3, -0.25) is 0 Å². The van der Waals surface area contributed by atoms with Gasteiger partial charge in [0.25, 0.3) is 0 Å². The fraction of sp³-hybridized carbons (Fsp3) is 1.00. The molecule has 1 unspecified atom stereocenters. The third kappa shape index (κ3) is 14.7. The van der Waals surface area contributed by atoms with Gasteiger partial charge in [0.15, 0.2) is 6.29 Å². The van der Waals surface area contributed by atoms with Crippen molar-refractivity contribution in [2.24, 2.45) is 0 Å². The molecule has 6 heteroatoms. The molecule has 1 aliphatic heterocycles. The van der Waals surface area contributed by atoms with E-state index in [0.717, 1.165) is 12.8 Å². The summed E-state index contributed by atoms with van der Waals surface area (Å²) in [7, 11) is 0. The lowest BCUT2D eigenvalue weighted by atomic mass is 9.99. The van der Waals surface area contributed by atoms with Crippen LogP contribution in [0.5, 0.6) is 0 Å². The summed E-state index contributed by atoms with van der Waals surface area (Å²) in [5, 5.41) is 38.7. The second kappa shape index (κ2) is 21.1. The van der Waals surface area contributed by atoms with Crippen LogP contribution < -0.4 is 0 Å². The molecule has 1 fully saturated rings. The number of aliphatic hydroxyl groups excluding tert-OH is 4. The molecule has 5 atom stereocenters. The first-order valence-electron chi connectivity index (χ1n) is 14.0. The van der Waals surface area contributed by atoms with Crippen LogP contribution in [-0.2, 0) is 9.47 Å². The van der Waals surface area contributed by atoms with E-state index in [1.165, 1.54) is 109 Å². The van der Waals surface area contributed by atoms with E-state index in [4.69, 9.17) is 9.47 Å². The summed E-state index contributed by atoms with van der Waals surface area (Å²) in [5.41, 5.74) is 0. The molecular formula is C27H54O6. The molecule has 1 saturated heterocycles. The fourth-order valence-corrected chi connectivity index (χ4v) is 4.59. The number of rotatable bonds is 22. The maximum absolute atomic E-state index is 9.94. The lowest BCUT2D eigenvalue weighted by Crippen LogP contribution is -2.59. The molecule has 1 aliphatic rings. The predicted octanol–water partition coefficient (Wildman–Crippen LogP) is 5.23. The average molecular weight is 475 g/mol. The fourth-order valence-electron chi connectivity index (χ4n) is 4.59. The topological polar surface area (TPSA) is 99.4 Å². The smallest absolute Gasteiger partial charge is 0.186 e. The molecule has 1 rings (SSSR count). The standard InChI is InChI=1S/C27H54O6/c1-2-3-4-5-6-7-8-9-10-11-12-13-14-15-16-17-18-19-20-21-32-27-26(31)25(30)24(29)23(22-28)33-27/h23-31H,2-22H2,1H3/t23-,24-,25+,26-,27?/m1/s1. The minimum Gasteiger partial charge on any atom is -0.394 e. The van der Waals surface area contributed by atoms with Crippen molar-refractivity contribution in [3.63, 3.8) is 0 Å². The van der Waals surface area contributed by atoms with Gasteiger partial charge in [-0.25, -0.2) is 0 Å². The highest BCUT2D eigenvalue weighted by Crippen LogP contribution is 2.22. The zero-order valence-corrected chi connectivity index (χ0v) is 21.3. The van der Waals surface area contributed by atoms with Gasteiger partial charge in [-0.2, -0.15) is 0 Å². The van der Waals surface area contributed by atoms with Gasteiger partial charge in [0.2, 0.25) is 0 Å². The third-order valence-corrected chi connectivity index (χ3v) is 6.88. The highest BCUT2D eigenvalue weighted by molar-refractivity contribution is 4.88. The van der Waals surface area contributed by atoms with Crippen LogP contribution in [0.25, 0.3) is 0 Å². The minimum absolute atomic E-state index is 0.427. The van der Waals surface area contributed by atoms with Crippen LogP contribution in [0.1, 0.15) is 129 Å². The van der Waals surface area contributed by atoms with E-state index in [9.17, 15) is 20.4 Å². The maximum atomic E-state index is 9.94. The largest absolute Gasteiger partial charge is 0.394 e. The quantitative estimate of drug-likeness (QED) is 0.160. The molecule has 0 aromatic carbocycles. The molecular weight excluding hydrogens is 420 g/mol. The number of aliphatic hydroxyl groups is 4. The summed E-state index contributed by atoms with van der Waals surface area (Å²) >= 11 is 0. The minimum atomic E-state index is -1.37. The maximum Gasteiger partial charge on any atom is 0.186 e. The molecule has 0 aliphatic carbocycles. The van der Waals surface area contributed by atoms with E-state index in [2.05, 4.69) is 6.92 Å². The van der Waals surface area contributed by atoms with Gasteiger partial charge >= 0.3 is 0 Å². The Balaban J connectivity index is 1.80. The third-order valence-electron chi connectivity index (χ3n) is 6.88. The molecule has 198 valence electrons. The number of hydrogen-bond acceptors (Lipinski definition) is 6. The van der Waals surface area contributed by atoms with Crippen molar-refractivity contribution in [2.45, 2.75) is 160 Å². The van der Waals surface area contributed by atoms with Crippen molar-refractivity contribution in [1.82, 2.24) is 0 Å². The van der Waals surface area contributed by atoms with Crippen molar-refractivity contribution < 1.29 is 29.9 Å². The Bertz CT molecular complexity index is 419. The highest BCUT2D eigenvalue weighted by atomic mass is 16.7. The molecule has 6 nitrogen and oxygen atoms in total. The molecule has 0 spiro atoms. The van der Waals surface area contributed by atoms with E-state index in [1.807, 2.05) is 0 Å². The van der Waals surface area contributed by atoms with Crippen LogP contribution in [0.15, 0.2) is 0 Å². The van der Waals surface area contributed by atoms with Crippen LogP contribution in [-0.4, -0.2) is 64.3 Å². The Morgan fingerprint density at radius 1 is 0.545 bits per heavy atom. The van der Waals surface area contributed by atoms with Gasteiger partial charge in [-0.15, -0.1) is 0 Å². The summed E-state index contributed by atoms with van der Waals surface area (Å²) in [6.07, 6.45) is 19.4. The second-order valence-corrected chi connectivity index (χ2v) is 9.93. The molecule has 0 bridgehead atoms. The van der Waals surface area contributed by atoms with Crippen LogP contribution in [0.4, 0.5) is 0 Å². The average Bonchev–Trinajstić information content (AvgIpc) is 2.82. The summed E-state index contributed by atoms with van der Waals surface area (Å²) in [4.78, 5) is 0. The van der Waals surface area contributed by atoms with Crippen molar-refractivity contribution in [2.75, 3.05) is 13.2 Å². The van der Waals surface area contributed by atoms with E-state index >= 15 is 0 Å². The first kappa shape index (κ1) is 30.8. The van der Waals surface area contributed by atoms with Crippen molar-refractivity contribution in [3.05, 3.63) is 0 Å². The zero-order valence-electron chi connectivity index (χ0n) is 21.3. The molecule has 1 heterocycles. The Morgan fingerprint density at radius 3 is 1.33 bits per heavy atom. The summed E-state index contributed by atoms with van der Waals surface area (Å²) in [5.74, 6) is 0. The zero-order chi connectivity index (χ0) is 24.2. The summed E-state index contributed by atoms with van der Waals surface area (Å²) < 4.78 is 10.9. The monoisotopic (exact) mass is 474 g/mol. The van der Waals surface area contributed by atoms with Crippen LogP contribution in [0.3, 0.4) is 0 Å². The number of hydrogen-bond donors (Lipinski definition) is 4. The van der Waals surface area contributed by atoms with Crippen molar-refractivity contribution >= 4 is 0 Å². The number of unbranched alkanes of at least 4 members (excludes halogenated alkanes) is 18. The second-order valence-electron chi connectivity index (χ2n) is 9.93. The molecule has 0 saturated carbocycles. The Hall–Kier alpha value is -0.240. The Labute approximate surface area is 203 Å². The van der Waals surface area contributed by atoms with Gasteiger partial charge in [-0.05, 0) is 6.42 Å². The van der Waals surface area contributed by atoms with Crippen LogP contribution in [0, 0.1) is 0 Å². The molecule has 0 aromatic heterocycles. The highest BCUT2D eigenvalue weighted by Gasteiger charge is 2.43. The first-order chi connectivity index (χ1) is 16.1. The molecule has 0 aromatic rings. The Morgan fingerprint density at radius 2 is 0.939 bits per heavy atom. The van der Waals surface area contributed by atoms with Crippen molar-refractivity contribution in [1.29, 1.82) is 0 Å². The van der Waals surface area contributed by atoms with E-state index < -0.39 is 37.3 Å². The molecule has 4 N–H and O–H groups in total. The SMILES string of the molecule is CCCCCCCCCCCCCCCCCCCCCOC1O[C@H](CO)[C@@H](O)[C@H](O)[C@H]1O. The van der Waals surface area contributed by atoms with E-state index in [1.54, 1.807) is 0 Å². The van der Waals surface area contributed by atoms with Crippen LogP contribution >= 0.6 is 0 Å². The molecule has 0 amide bonds. The normalized spacial score (nSPS) is 25.5. The molecule has 33 heavy (non-hydrogen) atoms. The Kier molecular flexibility index (Phi) is 19.7. The molecule has 0 radical (unpaired) electrons. The van der Waals surface area contributed by atoms with Gasteiger partial charge in [0.05, 0.1) is 6.61 Å². The summed E-state index contributed by atoms with van der Waals surface area (Å²) in [6.45, 7) is 2.28. The number of ether oxygens (including phenoxy) is 2. The lowest BCUT2D eigenvalue weighted by molar-refractivity contribution is -0.301. The van der Waals surface area contributed by atoms with Gasteiger partial charge in [0, 0.05) is 6.61 Å². The first-order valence-corrected chi connectivity index (χ1v) is 14.0. The van der Waals surface area contributed by atoms with Gasteiger partial charge < -0.3 is 29.9 Å².